The molecule has 1 amide bonds. The average molecular weight is 398 g/mol. The van der Waals surface area contributed by atoms with Crippen molar-refractivity contribution in [1.29, 1.82) is 0 Å². The number of halogens is 2. The van der Waals surface area contributed by atoms with Gasteiger partial charge in [-0.05, 0) is 48.6 Å². The molecule has 25 heavy (non-hydrogen) atoms. The summed E-state index contributed by atoms with van der Waals surface area (Å²) in [6, 6.07) is 12.1. The Morgan fingerprint density at radius 3 is 2.44 bits per heavy atom. The van der Waals surface area contributed by atoms with E-state index in [9.17, 15) is 13.2 Å². The molecule has 0 atom stereocenters. The molecular weight excluding hydrogens is 381 g/mol. The van der Waals surface area contributed by atoms with Crippen LogP contribution in [0, 0.1) is 0 Å². The fourth-order valence-corrected chi connectivity index (χ4v) is 4.47. The summed E-state index contributed by atoms with van der Waals surface area (Å²) in [5, 5.41) is 3.70. The summed E-state index contributed by atoms with van der Waals surface area (Å²) in [5.74, 6) is -0.120. The lowest BCUT2D eigenvalue weighted by molar-refractivity contribution is 0.0905. The van der Waals surface area contributed by atoms with Crippen LogP contribution in [0.4, 0.5) is 0 Å². The van der Waals surface area contributed by atoms with E-state index in [1.807, 2.05) is 24.3 Å². The molecule has 132 valence electrons. The Morgan fingerprint density at radius 1 is 1.12 bits per heavy atom. The van der Waals surface area contributed by atoms with Crippen molar-refractivity contribution < 1.29 is 13.2 Å². The van der Waals surface area contributed by atoms with Gasteiger partial charge in [-0.1, -0.05) is 41.4 Å². The number of rotatable bonds is 4. The van der Waals surface area contributed by atoms with Crippen molar-refractivity contribution in [2.75, 3.05) is 6.26 Å². The number of hydrogen-bond acceptors (Lipinski definition) is 3. The molecule has 2 aromatic carbocycles. The normalized spacial score (nSPS) is 20.0. The predicted molar refractivity (Wildman–Crippen MR) is 99.2 cm³/mol. The molecule has 0 saturated heterocycles. The average Bonchev–Trinajstić information content (AvgIpc) is 2.49. The van der Waals surface area contributed by atoms with Gasteiger partial charge in [0.1, 0.15) is 0 Å². The standard InChI is InChI=1S/C18H17Cl2NO3S/c1-25(23,24)16-7-3-6-15(20)17(16)18(22)21-14-9-12(10-14)11-4-2-5-13(19)8-11/h2-8,12,14H,9-10H2,1H3,(H,21,22). The number of carbonyl (C=O) groups is 1. The van der Waals surface area contributed by atoms with E-state index >= 15 is 0 Å². The van der Waals surface area contributed by atoms with Crippen molar-refractivity contribution in [3.05, 3.63) is 63.6 Å². The first kappa shape index (κ1) is 18.2. The largest absolute Gasteiger partial charge is 0.349 e. The summed E-state index contributed by atoms with van der Waals surface area (Å²) in [5.41, 5.74) is 1.16. The van der Waals surface area contributed by atoms with Crippen molar-refractivity contribution >= 4 is 38.9 Å². The molecule has 0 radical (unpaired) electrons. The molecule has 0 bridgehead atoms. The molecule has 1 fully saturated rings. The second-order valence-corrected chi connectivity index (χ2v) is 9.11. The van der Waals surface area contributed by atoms with Gasteiger partial charge >= 0.3 is 0 Å². The fraction of sp³-hybridized carbons (Fsp3) is 0.278. The number of nitrogens with one attached hydrogen (secondary N) is 1. The lowest BCUT2D eigenvalue weighted by Crippen LogP contribution is -2.43. The zero-order chi connectivity index (χ0) is 18.2. The molecule has 0 heterocycles. The summed E-state index contributed by atoms with van der Waals surface area (Å²) in [7, 11) is -3.54. The monoisotopic (exact) mass is 397 g/mol. The van der Waals surface area contributed by atoms with E-state index in [2.05, 4.69) is 5.32 Å². The molecule has 7 heteroatoms. The van der Waals surface area contributed by atoms with Crippen LogP contribution in [0.2, 0.25) is 10.0 Å². The maximum atomic E-state index is 12.6. The van der Waals surface area contributed by atoms with Crippen LogP contribution >= 0.6 is 23.2 Å². The van der Waals surface area contributed by atoms with E-state index in [1.165, 1.54) is 18.2 Å². The molecule has 4 nitrogen and oxygen atoms in total. The maximum Gasteiger partial charge on any atom is 0.254 e. The van der Waals surface area contributed by atoms with Crippen LogP contribution in [-0.4, -0.2) is 26.6 Å². The van der Waals surface area contributed by atoms with Crippen LogP contribution in [0.15, 0.2) is 47.4 Å². The van der Waals surface area contributed by atoms with E-state index in [0.717, 1.165) is 24.7 Å². The van der Waals surface area contributed by atoms with Crippen LogP contribution in [0.1, 0.15) is 34.7 Å². The Kier molecular flexibility index (Phi) is 5.09. The number of hydrogen-bond donors (Lipinski definition) is 1. The van der Waals surface area contributed by atoms with E-state index in [0.29, 0.717) is 10.9 Å². The third kappa shape index (κ3) is 4.00. The van der Waals surface area contributed by atoms with Gasteiger partial charge in [0.2, 0.25) is 0 Å². The molecule has 0 aromatic heterocycles. The van der Waals surface area contributed by atoms with E-state index in [4.69, 9.17) is 23.2 Å². The van der Waals surface area contributed by atoms with Gasteiger partial charge in [0, 0.05) is 17.3 Å². The molecule has 0 spiro atoms. The zero-order valence-electron chi connectivity index (χ0n) is 13.5. The van der Waals surface area contributed by atoms with Crippen LogP contribution in [-0.2, 0) is 9.84 Å². The van der Waals surface area contributed by atoms with E-state index in [1.54, 1.807) is 0 Å². The van der Waals surface area contributed by atoms with Gasteiger partial charge in [0.05, 0.1) is 15.5 Å². The first-order valence-corrected chi connectivity index (χ1v) is 10.5. The molecule has 0 aliphatic heterocycles. The molecule has 0 unspecified atom stereocenters. The molecule has 1 N–H and O–H groups in total. The Bertz CT molecular complexity index is 922. The third-order valence-corrected chi connectivity index (χ3v) is 6.08. The van der Waals surface area contributed by atoms with E-state index < -0.39 is 15.7 Å². The number of benzene rings is 2. The highest BCUT2D eigenvalue weighted by Gasteiger charge is 2.33. The molecule has 3 rings (SSSR count). The van der Waals surface area contributed by atoms with Crippen LogP contribution in [0.3, 0.4) is 0 Å². The number of amides is 1. The SMILES string of the molecule is CS(=O)(=O)c1cccc(Cl)c1C(=O)NC1CC(c2cccc(Cl)c2)C1. The minimum Gasteiger partial charge on any atom is -0.349 e. The van der Waals surface area contributed by atoms with Gasteiger partial charge in [-0.2, -0.15) is 0 Å². The second kappa shape index (κ2) is 6.98. The summed E-state index contributed by atoms with van der Waals surface area (Å²) < 4.78 is 23.8. The van der Waals surface area contributed by atoms with E-state index in [-0.39, 0.29) is 21.5 Å². The first-order valence-electron chi connectivity index (χ1n) is 7.80. The highest BCUT2D eigenvalue weighted by atomic mass is 35.5. The lowest BCUT2D eigenvalue weighted by Gasteiger charge is -2.36. The third-order valence-electron chi connectivity index (χ3n) is 4.40. The van der Waals surface area contributed by atoms with Crippen molar-refractivity contribution in [2.45, 2.75) is 29.7 Å². The summed E-state index contributed by atoms with van der Waals surface area (Å²) >= 11 is 12.1. The molecule has 2 aromatic rings. The number of carbonyl (C=O) groups excluding carboxylic acids is 1. The Balaban J connectivity index is 1.71. The maximum absolute atomic E-state index is 12.6. The van der Waals surface area contributed by atoms with Crippen LogP contribution in [0.25, 0.3) is 0 Å². The topological polar surface area (TPSA) is 63.2 Å². The summed E-state index contributed by atoms with van der Waals surface area (Å²) in [6.07, 6.45) is 2.63. The minimum atomic E-state index is -3.54. The van der Waals surface area contributed by atoms with Gasteiger partial charge in [0.25, 0.3) is 5.91 Å². The van der Waals surface area contributed by atoms with Crippen molar-refractivity contribution in [3.63, 3.8) is 0 Å². The molecule has 1 aliphatic carbocycles. The zero-order valence-corrected chi connectivity index (χ0v) is 15.8. The van der Waals surface area contributed by atoms with Crippen molar-refractivity contribution in [3.8, 4) is 0 Å². The van der Waals surface area contributed by atoms with Gasteiger partial charge in [-0.3, -0.25) is 4.79 Å². The Hall–Kier alpha value is -1.56. The Labute approximate surface area is 157 Å². The lowest BCUT2D eigenvalue weighted by atomic mass is 9.76. The molecule has 1 saturated carbocycles. The summed E-state index contributed by atoms with van der Waals surface area (Å²) in [6.45, 7) is 0. The van der Waals surface area contributed by atoms with Gasteiger partial charge in [-0.15, -0.1) is 0 Å². The van der Waals surface area contributed by atoms with Gasteiger partial charge < -0.3 is 5.32 Å². The van der Waals surface area contributed by atoms with Gasteiger partial charge in [-0.25, -0.2) is 8.42 Å². The van der Waals surface area contributed by atoms with Gasteiger partial charge in [0.15, 0.2) is 9.84 Å². The molecular formula is C18H17Cl2NO3S. The summed E-state index contributed by atoms with van der Waals surface area (Å²) in [4.78, 5) is 12.5. The number of sulfone groups is 1. The smallest absolute Gasteiger partial charge is 0.254 e. The van der Waals surface area contributed by atoms with Crippen LogP contribution < -0.4 is 5.32 Å². The van der Waals surface area contributed by atoms with Crippen molar-refractivity contribution in [1.82, 2.24) is 5.32 Å². The minimum absolute atomic E-state index is 0.0119. The fourth-order valence-electron chi connectivity index (χ4n) is 3.06. The first-order chi connectivity index (χ1) is 11.8. The van der Waals surface area contributed by atoms with Crippen molar-refractivity contribution in [2.24, 2.45) is 0 Å². The predicted octanol–water partition coefficient (Wildman–Crippen LogP) is 4.07. The molecule has 1 aliphatic rings. The van der Waals surface area contributed by atoms with Crippen LogP contribution in [0.5, 0.6) is 0 Å². The second-order valence-electron chi connectivity index (χ2n) is 6.28. The highest BCUT2D eigenvalue weighted by Crippen LogP contribution is 2.38. The highest BCUT2D eigenvalue weighted by molar-refractivity contribution is 7.90. The quantitative estimate of drug-likeness (QED) is 0.845. The Morgan fingerprint density at radius 2 is 1.80 bits per heavy atom.